The van der Waals surface area contributed by atoms with Gasteiger partial charge in [0.25, 0.3) is 11.8 Å². The number of hydrogen-bond acceptors (Lipinski definition) is 8. The number of benzene rings is 2. The van der Waals surface area contributed by atoms with Crippen LogP contribution in [0.4, 0.5) is 0 Å². The van der Waals surface area contributed by atoms with E-state index in [1.807, 2.05) is 24.3 Å². The van der Waals surface area contributed by atoms with Crippen LogP contribution in [-0.2, 0) is 19.2 Å². The molecule has 0 radical (unpaired) electrons. The first kappa shape index (κ1) is 32.1. The highest BCUT2D eigenvalue weighted by Crippen LogP contribution is 2.46. The summed E-state index contributed by atoms with van der Waals surface area (Å²) in [7, 11) is 0. The van der Waals surface area contributed by atoms with Crippen molar-refractivity contribution in [3.63, 3.8) is 0 Å². The third kappa shape index (κ3) is 7.32. The lowest BCUT2D eigenvalue weighted by atomic mass is 9.69. The second-order valence-electron chi connectivity index (χ2n) is 12.1. The van der Waals surface area contributed by atoms with Gasteiger partial charge in [0, 0.05) is 18.2 Å². The molecule has 2 aromatic carbocycles. The SMILES string of the molecule is C=C(CO)C(=O)Oc1ccc(-c2ccc(OC(=O)C(=C)CO)c(C3CCC(C4CCC(N5C(=O)C=CC5=O)CC4)CC3)c2)cc1. The average Bonchev–Trinajstić information content (AvgIpc) is 3.41. The highest BCUT2D eigenvalue weighted by atomic mass is 16.5. The van der Waals surface area contributed by atoms with Crippen LogP contribution in [0, 0.1) is 11.8 Å². The number of rotatable bonds is 10. The Bertz CT molecular complexity index is 1490. The summed E-state index contributed by atoms with van der Waals surface area (Å²) in [5, 5.41) is 18.5. The molecular weight excluding hydrogens is 574 g/mol. The van der Waals surface area contributed by atoms with Crippen molar-refractivity contribution in [1.82, 2.24) is 4.90 Å². The van der Waals surface area contributed by atoms with Crippen molar-refractivity contribution in [2.45, 2.75) is 63.3 Å². The molecular formula is C36H39NO8. The summed E-state index contributed by atoms with van der Waals surface area (Å²) in [6.07, 6.45) is 10.3. The van der Waals surface area contributed by atoms with Gasteiger partial charge < -0.3 is 19.7 Å². The van der Waals surface area contributed by atoms with Gasteiger partial charge in [-0.3, -0.25) is 14.5 Å². The van der Waals surface area contributed by atoms with Gasteiger partial charge in [0.1, 0.15) is 11.5 Å². The number of nitrogens with zero attached hydrogens (tertiary/aromatic N) is 1. The molecule has 2 saturated carbocycles. The Morgan fingerprint density at radius 1 is 0.711 bits per heavy atom. The molecule has 2 fully saturated rings. The largest absolute Gasteiger partial charge is 0.423 e. The van der Waals surface area contributed by atoms with Crippen LogP contribution in [0.3, 0.4) is 0 Å². The summed E-state index contributed by atoms with van der Waals surface area (Å²) in [5.74, 6) is 0.297. The molecule has 0 unspecified atom stereocenters. The van der Waals surface area contributed by atoms with E-state index in [9.17, 15) is 24.3 Å². The van der Waals surface area contributed by atoms with E-state index in [-0.39, 0.29) is 34.9 Å². The molecule has 0 bridgehead atoms. The van der Waals surface area contributed by atoms with Crippen LogP contribution in [0.1, 0.15) is 62.8 Å². The lowest BCUT2D eigenvalue weighted by molar-refractivity contribution is -0.140. The summed E-state index contributed by atoms with van der Waals surface area (Å²) in [6, 6.07) is 12.7. The quantitative estimate of drug-likeness (QED) is 0.165. The second kappa shape index (κ2) is 14.2. The first-order valence-corrected chi connectivity index (χ1v) is 15.5. The Kier molecular flexibility index (Phi) is 10.1. The standard InChI is InChI=1S/C36H39NO8/c1-22(20-38)35(42)44-30-14-9-26(10-15-30)28-11-16-32(45-36(43)23(2)21-39)31(19-28)27-5-3-24(4-6-27)25-7-12-29(13-8-25)37-33(40)17-18-34(37)41/h9-11,14-19,24-25,27,29,38-39H,1-8,12-13,20-21H2. The molecule has 2 aliphatic carbocycles. The molecule has 3 aliphatic rings. The Hall–Kier alpha value is -4.34. The predicted octanol–water partition coefficient (Wildman–Crippen LogP) is 5.02. The van der Waals surface area contributed by atoms with E-state index in [4.69, 9.17) is 14.6 Å². The van der Waals surface area contributed by atoms with E-state index in [0.29, 0.717) is 23.3 Å². The Labute approximate surface area is 262 Å². The molecule has 45 heavy (non-hydrogen) atoms. The number of esters is 2. The smallest absolute Gasteiger partial charge is 0.341 e. The number of aliphatic hydroxyl groups excluding tert-OH is 2. The van der Waals surface area contributed by atoms with Gasteiger partial charge in [0.05, 0.1) is 24.4 Å². The van der Waals surface area contributed by atoms with Gasteiger partial charge in [-0.1, -0.05) is 31.4 Å². The van der Waals surface area contributed by atoms with Crippen molar-refractivity contribution >= 4 is 23.8 Å². The number of amides is 2. The molecule has 9 heteroatoms. The fourth-order valence-corrected chi connectivity index (χ4v) is 6.84. The van der Waals surface area contributed by atoms with E-state index in [1.165, 1.54) is 17.1 Å². The monoisotopic (exact) mass is 613 g/mol. The summed E-state index contributed by atoms with van der Waals surface area (Å²) in [4.78, 5) is 50.2. The van der Waals surface area contributed by atoms with Gasteiger partial charge >= 0.3 is 11.9 Å². The average molecular weight is 614 g/mol. The molecule has 9 nitrogen and oxygen atoms in total. The van der Waals surface area contributed by atoms with Crippen LogP contribution in [0.25, 0.3) is 11.1 Å². The minimum atomic E-state index is -0.694. The van der Waals surface area contributed by atoms with Gasteiger partial charge in [-0.25, -0.2) is 9.59 Å². The fraction of sp³-hybridized carbons (Fsp3) is 0.389. The fourth-order valence-electron chi connectivity index (χ4n) is 6.84. The Morgan fingerprint density at radius 2 is 1.22 bits per heavy atom. The van der Waals surface area contributed by atoms with Crippen LogP contribution in [0.15, 0.2) is 78.9 Å². The first-order chi connectivity index (χ1) is 21.7. The van der Waals surface area contributed by atoms with Gasteiger partial charge in [0.15, 0.2) is 0 Å². The maximum Gasteiger partial charge on any atom is 0.341 e. The minimum Gasteiger partial charge on any atom is -0.423 e. The van der Waals surface area contributed by atoms with Crippen LogP contribution < -0.4 is 9.47 Å². The number of aliphatic hydroxyl groups is 2. The van der Waals surface area contributed by atoms with Crippen LogP contribution in [-0.4, -0.2) is 58.1 Å². The first-order valence-electron chi connectivity index (χ1n) is 15.5. The third-order valence-electron chi connectivity index (χ3n) is 9.40. The van der Waals surface area contributed by atoms with Crippen molar-refractivity contribution in [2.75, 3.05) is 13.2 Å². The van der Waals surface area contributed by atoms with E-state index >= 15 is 0 Å². The molecule has 0 atom stereocenters. The zero-order chi connectivity index (χ0) is 32.1. The molecule has 5 rings (SSSR count). The number of ether oxygens (including phenoxy) is 2. The second-order valence-corrected chi connectivity index (χ2v) is 12.1. The Morgan fingerprint density at radius 3 is 1.78 bits per heavy atom. The molecule has 236 valence electrons. The number of carbonyl (C=O) groups is 4. The minimum absolute atomic E-state index is 0.0117. The molecule has 0 saturated heterocycles. The van der Waals surface area contributed by atoms with Crippen molar-refractivity contribution < 1.29 is 38.9 Å². The van der Waals surface area contributed by atoms with Crippen molar-refractivity contribution in [1.29, 1.82) is 0 Å². The maximum atomic E-state index is 12.6. The van der Waals surface area contributed by atoms with Crippen molar-refractivity contribution in [2.24, 2.45) is 11.8 Å². The van der Waals surface area contributed by atoms with E-state index in [2.05, 4.69) is 13.2 Å². The van der Waals surface area contributed by atoms with Crippen molar-refractivity contribution in [3.8, 4) is 22.6 Å². The van der Waals surface area contributed by atoms with Crippen LogP contribution in [0.5, 0.6) is 11.5 Å². The molecule has 0 spiro atoms. The van der Waals surface area contributed by atoms with Crippen molar-refractivity contribution in [3.05, 3.63) is 84.5 Å². The zero-order valence-electron chi connectivity index (χ0n) is 25.3. The van der Waals surface area contributed by atoms with Gasteiger partial charge in [0.2, 0.25) is 0 Å². The lowest BCUT2D eigenvalue weighted by Gasteiger charge is -2.39. The molecule has 1 heterocycles. The summed E-state index contributed by atoms with van der Waals surface area (Å²) in [5.41, 5.74) is 2.65. The highest BCUT2D eigenvalue weighted by molar-refractivity contribution is 6.13. The van der Waals surface area contributed by atoms with Crippen LogP contribution in [0.2, 0.25) is 0 Å². The summed E-state index contributed by atoms with van der Waals surface area (Å²) in [6.45, 7) is 6.11. The molecule has 2 N–H and O–H groups in total. The highest BCUT2D eigenvalue weighted by Gasteiger charge is 2.37. The summed E-state index contributed by atoms with van der Waals surface area (Å²) < 4.78 is 11.0. The van der Waals surface area contributed by atoms with E-state index in [0.717, 1.165) is 68.1 Å². The predicted molar refractivity (Wildman–Crippen MR) is 167 cm³/mol. The van der Waals surface area contributed by atoms with E-state index in [1.54, 1.807) is 18.2 Å². The molecule has 0 aromatic heterocycles. The molecule has 2 amide bonds. The number of carbonyl (C=O) groups excluding carboxylic acids is 4. The van der Waals surface area contributed by atoms with E-state index < -0.39 is 25.2 Å². The Balaban J connectivity index is 1.27. The maximum absolute atomic E-state index is 12.6. The summed E-state index contributed by atoms with van der Waals surface area (Å²) >= 11 is 0. The van der Waals surface area contributed by atoms with Gasteiger partial charge in [-0.2, -0.15) is 0 Å². The number of imide groups is 1. The number of hydrogen-bond donors (Lipinski definition) is 2. The topological polar surface area (TPSA) is 130 Å². The molecule has 2 aromatic rings. The van der Waals surface area contributed by atoms with Gasteiger partial charge in [-0.05, 0) is 110 Å². The normalized spacial score (nSPS) is 23.1. The van der Waals surface area contributed by atoms with Gasteiger partial charge in [-0.15, -0.1) is 0 Å². The van der Waals surface area contributed by atoms with Crippen LogP contribution >= 0.6 is 0 Å². The zero-order valence-corrected chi connectivity index (χ0v) is 25.3. The lowest BCUT2D eigenvalue weighted by Crippen LogP contribution is -2.42. The third-order valence-corrected chi connectivity index (χ3v) is 9.40. The molecule has 1 aliphatic heterocycles.